The van der Waals surface area contributed by atoms with Crippen LogP contribution in [0.2, 0.25) is 0 Å². The standard InChI is InChI=1S/C19H23FN2O4/c1-19(2)17(24)22(18(25)26-19)12-16(23)21-10-5-3-4-9-15(21)13-7-6-8-14(20)11-13/h6-8,11,15H,3-5,9-10,12H2,1-2H3/t15-/m0/s1. The van der Waals surface area contributed by atoms with E-state index >= 15 is 0 Å². The number of likely N-dealkylation sites (tertiary alicyclic amines) is 1. The van der Waals surface area contributed by atoms with Crippen molar-refractivity contribution >= 4 is 17.9 Å². The molecule has 0 aliphatic carbocycles. The predicted octanol–water partition coefficient (Wildman–Crippen LogP) is 3.03. The number of cyclic esters (lactones) is 1. The molecule has 0 saturated carbocycles. The Hall–Kier alpha value is -2.44. The summed E-state index contributed by atoms with van der Waals surface area (Å²) in [5.41, 5.74) is -0.520. The predicted molar refractivity (Wildman–Crippen MR) is 91.6 cm³/mol. The third-order valence-electron chi connectivity index (χ3n) is 4.92. The molecule has 2 aliphatic rings. The van der Waals surface area contributed by atoms with Crippen LogP contribution in [0.3, 0.4) is 0 Å². The fourth-order valence-electron chi connectivity index (χ4n) is 3.55. The van der Waals surface area contributed by atoms with Gasteiger partial charge < -0.3 is 9.64 Å². The van der Waals surface area contributed by atoms with Crippen molar-refractivity contribution in [3.63, 3.8) is 0 Å². The van der Waals surface area contributed by atoms with Gasteiger partial charge in [0.15, 0.2) is 5.60 Å². The molecule has 1 aromatic rings. The van der Waals surface area contributed by atoms with Crippen LogP contribution in [-0.4, -0.2) is 46.4 Å². The second-order valence-electron chi connectivity index (χ2n) is 7.28. The Morgan fingerprint density at radius 3 is 2.69 bits per heavy atom. The van der Waals surface area contributed by atoms with Crippen molar-refractivity contribution < 1.29 is 23.5 Å². The second-order valence-corrected chi connectivity index (χ2v) is 7.28. The Balaban J connectivity index is 1.81. The number of carbonyl (C=O) groups excluding carboxylic acids is 3. The molecule has 0 N–H and O–H groups in total. The van der Waals surface area contributed by atoms with Crippen molar-refractivity contribution in [3.05, 3.63) is 35.6 Å². The zero-order valence-electron chi connectivity index (χ0n) is 15.0. The van der Waals surface area contributed by atoms with Crippen LogP contribution in [-0.2, 0) is 14.3 Å². The van der Waals surface area contributed by atoms with E-state index in [-0.39, 0.29) is 24.3 Å². The zero-order valence-corrected chi connectivity index (χ0v) is 15.0. The molecule has 1 atom stereocenters. The number of hydrogen-bond donors (Lipinski definition) is 0. The van der Waals surface area contributed by atoms with Gasteiger partial charge in [-0.15, -0.1) is 0 Å². The second kappa shape index (κ2) is 7.05. The number of ether oxygens (including phenoxy) is 1. The lowest BCUT2D eigenvalue weighted by atomic mass is 10.0. The van der Waals surface area contributed by atoms with Gasteiger partial charge in [-0.25, -0.2) is 14.1 Å². The summed E-state index contributed by atoms with van der Waals surface area (Å²) in [5, 5.41) is 0. The molecule has 0 spiro atoms. The fourth-order valence-corrected chi connectivity index (χ4v) is 3.55. The van der Waals surface area contributed by atoms with Crippen molar-refractivity contribution in [2.45, 2.75) is 51.2 Å². The number of nitrogens with zero attached hydrogens (tertiary/aromatic N) is 2. The Morgan fingerprint density at radius 2 is 2.04 bits per heavy atom. The van der Waals surface area contributed by atoms with E-state index < -0.39 is 17.6 Å². The van der Waals surface area contributed by atoms with E-state index in [4.69, 9.17) is 4.74 Å². The molecule has 140 valence electrons. The number of rotatable bonds is 3. The summed E-state index contributed by atoms with van der Waals surface area (Å²) in [6, 6.07) is 5.98. The third-order valence-corrected chi connectivity index (χ3v) is 4.92. The molecule has 2 aliphatic heterocycles. The average Bonchev–Trinajstić information content (AvgIpc) is 2.78. The van der Waals surface area contributed by atoms with Crippen LogP contribution in [0.1, 0.15) is 51.1 Å². The smallest absolute Gasteiger partial charge is 0.418 e. The van der Waals surface area contributed by atoms with Crippen molar-refractivity contribution in [2.24, 2.45) is 0 Å². The minimum absolute atomic E-state index is 0.262. The summed E-state index contributed by atoms with van der Waals surface area (Å²) in [6.07, 6.45) is 2.67. The molecule has 1 aromatic carbocycles. The van der Waals surface area contributed by atoms with Crippen LogP contribution in [0.4, 0.5) is 9.18 Å². The summed E-state index contributed by atoms with van der Waals surface area (Å²) < 4.78 is 18.7. The molecular weight excluding hydrogens is 339 g/mol. The minimum atomic E-state index is -1.25. The minimum Gasteiger partial charge on any atom is -0.433 e. The van der Waals surface area contributed by atoms with Gasteiger partial charge in [-0.2, -0.15) is 0 Å². The van der Waals surface area contributed by atoms with E-state index in [1.165, 1.54) is 26.0 Å². The molecule has 2 heterocycles. The van der Waals surface area contributed by atoms with E-state index in [0.717, 1.165) is 36.1 Å². The number of amides is 3. The van der Waals surface area contributed by atoms with Gasteiger partial charge in [0, 0.05) is 6.54 Å². The van der Waals surface area contributed by atoms with Gasteiger partial charge in [-0.05, 0) is 44.4 Å². The van der Waals surface area contributed by atoms with Crippen LogP contribution in [0, 0.1) is 5.82 Å². The Labute approximate surface area is 151 Å². The molecule has 0 aromatic heterocycles. The first-order chi connectivity index (χ1) is 12.3. The van der Waals surface area contributed by atoms with Gasteiger partial charge in [0.05, 0.1) is 6.04 Å². The maximum absolute atomic E-state index is 13.6. The molecule has 6 nitrogen and oxygen atoms in total. The first-order valence-electron chi connectivity index (χ1n) is 8.89. The molecule has 0 unspecified atom stereocenters. The third kappa shape index (κ3) is 3.57. The molecule has 7 heteroatoms. The lowest BCUT2D eigenvalue weighted by Gasteiger charge is -2.31. The van der Waals surface area contributed by atoms with Gasteiger partial charge in [0.25, 0.3) is 5.91 Å². The quantitative estimate of drug-likeness (QED) is 0.829. The normalized spacial score (nSPS) is 23.0. The lowest BCUT2D eigenvalue weighted by molar-refractivity contribution is -0.141. The highest BCUT2D eigenvalue weighted by Crippen LogP contribution is 2.31. The van der Waals surface area contributed by atoms with Crippen molar-refractivity contribution in [2.75, 3.05) is 13.1 Å². The van der Waals surface area contributed by atoms with Crippen LogP contribution in [0.25, 0.3) is 0 Å². The largest absolute Gasteiger partial charge is 0.433 e. The van der Waals surface area contributed by atoms with E-state index in [2.05, 4.69) is 0 Å². The number of hydrogen-bond acceptors (Lipinski definition) is 4. The van der Waals surface area contributed by atoms with Gasteiger partial charge >= 0.3 is 6.09 Å². The monoisotopic (exact) mass is 362 g/mol. The van der Waals surface area contributed by atoms with E-state index in [0.29, 0.717) is 6.54 Å². The van der Waals surface area contributed by atoms with Gasteiger partial charge in [0.2, 0.25) is 5.91 Å². The van der Waals surface area contributed by atoms with Crippen LogP contribution < -0.4 is 0 Å². The van der Waals surface area contributed by atoms with E-state index in [1.807, 2.05) is 0 Å². The molecule has 26 heavy (non-hydrogen) atoms. The van der Waals surface area contributed by atoms with Crippen LogP contribution >= 0.6 is 0 Å². The molecule has 2 saturated heterocycles. The summed E-state index contributed by atoms with van der Waals surface area (Å²) in [4.78, 5) is 39.7. The summed E-state index contributed by atoms with van der Waals surface area (Å²) in [6.45, 7) is 3.16. The van der Waals surface area contributed by atoms with Crippen molar-refractivity contribution in [1.29, 1.82) is 0 Å². The lowest BCUT2D eigenvalue weighted by Crippen LogP contribution is -2.45. The number of carbonyl (C=O) groups is 3. The fraction of sp³-hybridized carbons (Fsp3) is 0.526. The Morgan fingerprint density at radius 1 is 1.27 bits per heavy atom. The highest BCUT2D eigenvalue weighted by Gasteiger charge is 2.48. The van der Waals surface area contributed by atoms with E-state index in [9.17, 15) is 18.8 Å². The number of benzene rings is 1. The van der Waals surface area contributed by atoms with Crippen molar-refractivity contribution in [3.8, 4) is 0 Å². The molecule has 0 radical (unpaired) electrons. The number of halogens is 1. The maximum atomic E-state index is 13.6. The average molecular weight is 362 g/mol. The first-order valence-corrected chi connectivity index (χ1v) is 8.89. The van der Waals surface area contributed by atoms with Crippen LogP contribution in [0.15, 0.2) is 24.3 Å². The Kier molecular flexibility index (Phi) is 4.98. The molecule has 0 bridgehead atoms. The highest BCUT2D eigenvalue weighted by atomic mass is 19.1. The summed E-state index contributed by atoms with van der Waals surface area (Å²) in [7, 11) is 0. The zero-order chi connectivity index (χ0) is 18.9. The topological polar surface area (TPSA) is 66.9 Å². The van der Waals surface area contributed by atoms with Gasteiger partial charge in [-0.1, -0.05) is 25.0 Å². The summed E-state index contributed by atoms with van der Waals surface area (Å²) >= 11 is 0. The highest BCUT2D eigenvalue weighted by molar-refractivity contribution is 6.04. The summed E-state index contributed by atoms with van der Waals surface area (Å²) in [5.74, 6) is -1.20. The SMILES string of the molecule is CC1(C)OC(=O)N(CC(=O)N2CCCCC[C@H]2c2cccc(F)c2)C1=O. The van der Waals surface area contributed by atoms with Crippen molar-refractivity contribution in [1.82, 2.24) is 9.80 Å². The van der Waals surface area contributed by atoms with Crippen LogP contribution in [0.5, 0.6) is 0 Å². The first kappa shape index (κ1) is 18.4. The molecule has 3 amide bonds. The molecule has 2 fully saturated rings. The maximum Gasteiger partial charge on any atom is 0.418 e. The van der Waals surface area contributed by atoms with Gasteiger partial charge in [-0.3, -0.25) is 9.59 Å². The number of imide groups is 1. The van der Waals surface area contributed by atoms with Gasteiger partial charge in [0.1, 0.15) is 12.4 Å². The molecule has 3 rings (SSSR count). The Bertz CT molecular complexity index is 734. The molecular formula is C19H23FN2O4. The van der Waals surface area contributed by atoms with E-state index in [1.54, 1.807) is 17.0 Å².